The van der Waals surface area contributed by atoms with Crippen LogP contribution >= 0.6 is 0 Å². The van der Waals surface area contributed by atoms with Gasteiger partial charge < -0.3 is 14.6 Å². The molecule has 0 aliphatic carbocycles. The van der Waals surface area contributed by atoms with Crippen molar-refractivity contribution in [1.82, 2.24) is 0 Å². The van der Waals surface area contributed by atoms with Crippen LogP contribution in [0.3, 0.4) is 0 Å². The largest absolute Gasteiger partial charge is 0.388 e. The van der Waals surface area contributed by atoms with Crippen LogP contribution in [-0.4, -0.2) is 37.1 Å². The van der Waals surface area contributed by atoms with Gasteiger partial charge in [-0.25, -0.2) is 0 Å². The Balaban J connectivity index is 2.06. The van der Waals surface area contributed by atoms with E-state index in [1.807, 2.05) is 0 Å². The summed E-state index contributed by atoms with van der Waals surface area (Å²) in [5.74, 6) is 0.657. The topological polar surface area (TPSA) is 38.7 Å². The summed E-state index contributed by atoms with van der Waals surface area (Å²) in [6.07, 6.45) is 0.532. The van der Waals surface area contributed by atoms with Crippen LogP contribution in [0.4, 0.5) is 0 Å². The van der Waals surface area contributed by atoms with Gasteiger partial charge in [0.05, 0.1) is 13.2 Å². The van der Waals surface area contributed by atoms with Crippen LogP contribution < -0.4 is 0 Å². The predicted molar refractivity (Wildman–Crippen MR) is 46.0 cm³/mol. The number of ether oxygens (including phenoxy) is 2. The maximum absolute atomic E-state index is 9.30. The average molecular weight is 174 g/mol. The van der Waals surface area contributed by atoms with Gasteiger partial charge in [0.25, 0.3) is 0 Å². The van der Waals surface area contributed by atoms with Crippen LogP contribution in [0.1, 0.15) is 20.3 Å². The lowest BCUT2D eigenvalue weighted by molar-refractivity contribution is -0.0132. The van der Waals surface area contributed by atoms with Gasteiger partial charge in [-0.15, -0.1) is 0 Å². The van der Waals surface area contributed by atoms with Gasteiger partial charge >= 0.3 is 0 Å². The first-order valence-electron chi connectivity index (χ1n) is 4.57. The molecule has 12 heavy (non-hydrogen) atoms. The highest BCUT2D eigenvalue weighted by molar-refractivity contribution is 4.74. The Kier molecular flexibility index (Phi) is 3.98. The van der Waals surface area contributed by atoms with Crippen molar-refractivity contribution in [3.8, 4) is 0 Å². The maximum Gasteiger partial charge on any atom is 0.109 e. The maximum atomic E-state index is 9.30. The zero-order valence-electron chi connectivity index (χ0n) is 7.82. The fraction of sp³-hybridized carbons (Fsp3) is 1.00. The van der Waals surface area contributed by atoms with Crippen LogP contribution in [0.2, 0.25) is 0 Å². The molecule has 2 atom stereocenters. The minimum absolute atomic E-state index is 0.0938. The molecule has 0 aromatic rings. The summed E-state index contributed by atoms with van der Waals surface area (Å²) in [5, 5.41) is 9.30. The molecule has 2 unspecified atom stereocenters. The van der Waals surface area contributed by atoms with Gasteiger partial charge in [0.15, 0.2) is 0 Å². The first kappa shape index (κ1) is 9.96. The predicted octanol–water partition coefficient (Wildman–Crippen LogP) is 0.809. The summed E-state index contributed by atoms with van der Waals surface area (Å²) < 4.78 is 10.5. The molecule has 1 saturated heterocycles. The molecular formula is C9H18O3. The second kappa shape index (κ2) is 4.80. The van der Waals surface area contributed by atoms with Crippen LogP contribution in [-0.2, 0) is 9.47 Å². The van der Waals surface area contributed by atoms with Crippen molar-refractivity contribution < 1.29 is 14.6 Å². The van der Waals surface area contributed by atoms with Gasteiger partial charge in [-0.2, -0.15) is 0 Å². The second-order valence-corrected chi connectivity index (χ2v) is 3.70. The number of aliphatic hydroxyl groups excluding tert-OH is 1. The standard InChI is InChI=1S/C9H18O3/c1-7(2)3-4-12-9-6-11-5-8(9)10/h7-10H,3-6H2,1-2H3. The average Bonchev–Trinajstić information content (AvgIpc) is 2.36. The Morgan fingerprint density at radius 2 is 2.25 bits per heavy atom. The third-order valence-electron chi connectivity index (χ3n) is 2.03. The summed E-state index contributed by atoms with van der Waals surface area (Å²) in [4.78, 5) is 0. The van der Waals surface area contributed by atoms with Crippen LogP contribution in [0.25, 0.3) is 0 Å². The van der Waals surface area contributed by atoms with E-state index < -0.39 is 6.10 Å². The zero-order valence-corrected chi connectivity index (χ0v) is 7.82. The van der Waals surface area contributed by atoms with E-state index in [9.17, 15) is 5.11 Å². The molecule has 3 heteroatoms. The quantitative estimate of drug-likeness (QED) is 0.685. The van der Waals surface area contributed by atoms with E-state index in [1.54, 1.807) is 0 Å². The van der Waals surface area contributed by atoms with Gasteiger partial charge in [-0.05, 0) is 12.3 Å². The minimum atomic E-state index is -0.419. The highest BCUT2D eigenvalue weighted by Gasteiger charge is 2.26. The molecule has 1 aliphatic heterocycles. The summed E-state index contributed by atoms with van der Waals surface area (Å²) in [6, 6.07) is 0. The van der Waals surface area contributed by atoms with Crippen molar-refractivity contribution in [2.24, 2.45) is 5.92 Å². The van der Waals surface area contributed by atoms with E-state index in [0.29, 0.717) is 19.1 Å². The molecule has 1 rings (SSSR count). The molecule has 3 nitrogen and oxygen atoms in total. The summed E-state index contributed by atoms with van der Waals surface area (Å²) in [5.41, 5.74) is 0. The lowest BCUT2D eigenvalue weighted by Gasteiger charge is -2.14. The van der Waals surface area contributed by atoms with E-state index in [4.69, 9.17) is 9.47 Å². The fourth-order valence-electron chi connectivity index (χ4n) is 1.14. The lowest BCUT2D eigenvalue weighted by atomic mass is 10.1. The van der Waals surface area contributed by atoms with Crippen molar-refractivity contribution in [2.75, 3.05) is 19.8 Å². The van der Waals surface area contributed by atoms with Crippen molar-refractivity contribution in [3.63, 3.8) is 0 Å². The number of hydrogen-bond acceptors (Lipinski definition) is 3. The molecule has 1 heterocycles. The van der Waals surface area contributed by atoms with Crippen LogP contribution in [0, 0.1) is 5.92 Å². The number of hydrogen-bond donors (Lipinski definition) is 1. The van der Waals surface area contributed by atoms with Gasteiger partial charge in [0.2, 0.25) is 0 Å². The van der Waals surface area contributed by atoms with Gasteiger partial charge in [0.1, 0.15) is 12.2 Å². The Morgan fingerprint density at radius 3 is 2.75 bits per heavy atom. The van der Waals surface area contributed by atoms with Crippen molar-refractivity contribution in [2.45, 2.75) is 32.5 Å². The zero-order chi connectivity index (χ0) is 8.97. The first-order valence-corrected chi connectivity index (χ1v) is 4.57. The lowest BCUT2D eigenvalue weighted by Crippen LogP contribution is -2.27. The van der Waals surface area contributed by atoms with E-state index in [0.717, 1.165) is 13.0 Å². The molecule has 1 aliphatic rings. The van der Waals surface area contributed by atoms with Crippen molar-refractivity contribution >= 4 is 0 Å². The van der Waals surface area contributed by atoms with Crippen molar-refractivity contribution in [3.05, 3.63) is 0 Å². The number of aliphatic hydroxyl groups is 1. The Morgan fingerprint density at radius 1 is 1.50 bits per heavy atom. The highest BCUT2D eigenvalue weighted by Crippen LogP contribution is 2.10. The fourth-order valence-corrected chi connectivity index (χ4v) is 1.14. The molecule has 1 fully saturated rings. The first-order chi connectivity index (χ1) is 5.70. The molecule has 1 N–H and O–H groups in total. The van der Waals surface area contributed by atoms with E-state index >= 15 is 0 Å². The van der Waals surface area contributed by atoms with Gasteiger partial charge in [-0.1, -0.05) is 13.8 Å². The normalized spacial score (nSPS) is 30.0. The monoisotopic (exact) mass is 174 g/mol. The minimum Gasteiger partial charge on any atom is -0.388 e. The molecule has 0 radical (unpaired) electrons. The second-order valence-electron chi connectivity index (χ2n) is 3.70. The Labute approximate surface area is 73.7 Å². The molecule has 72 valence electrons. The molecule has 0 bridgehead atoms. The molecule has 0 aromatic heterocycles. The van der Waals surface area contributed by atoms with Crippen LogP contribution in [0.15, 0.2) is 0 Å². The highest BCUT2D eigenvalue weighted by atomic mass is 16.6. The van der Waals surface area contributed by atoms with E-state index in [-0.39, 0.29) is 6.10 Å². The molecular weight excluding hydrogens is 156 g/mol. The third kappa shape index (κ3) is 3.09. The van der Waals surface area contributed by atoms with Crippen LogP contribution in [0.5, 0.6) is 0 Å². The molecule has 0 aromatic carbocycles. The molecule has 0 saturated carbocycles. The van der Waals surface area contributed by atoms with E-state index in [1.165, 1.54) is 0 Å². The van der Waals surface area contributed by atoms with Gasteiger partial charge in [-0.3, -0.25) is 0 Å². The Hall–Kier alpha value is -0.120. The summed E-state index contributed by atoms with van der Waals surface area (Å²) in [6.45, 7) is 6.00. The van der Waals surface area contributed by atoms with E-state index in [2.05, 4.69) is 13.8 Å². The molecule has 0 amide bonds. The SMILES string of the molecule is CC(C)CCOC1COCC1O. The smallest absolute Gasteiger partial charge is 0.109 e. The van der Waals surface area contributed by atoms with Gasteiger partial charge in [0, 0.05) is 6.61 Å². The number of rotatable bonds is 4. The Bertz CT molecular complexity index is 125. The summed E-state index contributed by atoms with van der Waals surface area (Å²) in [7, 11) is 0. The third-order valence-corrected chi connectivity index (χ3v) is 2.03. The molecule has 0 spiro atoms. The van der Waals surface area contributed by atoms with Crippen molar-refractivity contribution in [1.29, 1.82) is 0 Å². The summed E-state index contributed by atoms with van der Waals surface area (Å²) >= 11 is 0.